The minimum Gasteiger partial charge on any atom is -0.391 e. The summed E-state index contributed by atoms with van der Waals surface area (Å²) in [6.45, 7) is 13.8. The first kappa shape index (κ1) is 28.9. The van der Waals surface area contributed by atoms with Crippen molar-refractivity contribution in [3.05, 3.63) is 12.3 Å². The van der Waals surface area contributed by atoms with E-state index in [4.69, 9.17) is 8.85 Å². The van der Waals surface area contributed by atoms with E-state index in [2.05, 4.69) is 33.9 Å². The monoisotopic (exact) mass is 426 g/mol. The minimum atomic E-state index is -2.21. The number of rotatable bonds is 23. The van der Waals surface area contributed by atoms with Crippen LogP contribution in [-0.4, -0.2) is 21.3 Å². The van der Waals surface area contributed by atoms with Crippen LogP contribution in [0.15, 0.2) is 12.3 Å². The first-order chi connectivity index (χ1) is 14.1. The fourth-order valence-corrected chi connectivity index (χ4v) is 5.61. The Kier molecular flexibility index (Phi) is 21.0. The molecule has 0 aromatic rings. The molecule has 0 spiro atoms. The third-order valence-electron chi connectivity index (χ3n) is 5.90. The molecule has 0 rings (SSSR count). The molecule has 0 aliphatic carbocycles. The zero-order valence-corrected chi connectivity index (χ0v) is 21.6. The van der Waals surface area contributed by atoms with E-state index < -0.39 is 8.56 Å². The lowest BCUT2D eigenvalue weighted by Crippen LogP contribution is -2.41. The van der Waals surface area contributed by atoms with Crippen molar-refractivity contribution >= 4 is 8.56 Å². The minimum absolute atomic E-state index is 0.348. The first-order valence-electron chi connectivity index (χ1n) is 13.1. The molecule has 0 amide bonds. The molecule has 0 radical (unpaired) electrons. The van der Waals surface area contributed by atoms with Gasteiger partial charge in [0.1, 0.15) is 0 Å². The smallest absolute Gasteiger partial charge is 0.361 e. The van der Waals surface area contributed by atoms with Crippen LogP contribution in [-0.2, 0) is 8.85 Å². The molecule has 29 heavy (non-hydrogen) atoms. The maximum Gasteiger partial charge on any atom is 0.361 e. The summed E-state index contributed by atoms with van der Waals surface area (Å²) in [5, 5.41) is 0. The van der Waals surface area contributed by atoms with Crippen molar-refractivity contribution in [2.45, 2.75) is 149 Å². The van der Waals surface area contributed by atoms with Gasteiger partial charge >= 0.3 is 8.56 Å². The normalized spacial score (nSPS) is 14.6. The van der Waals surface area contributed by atoms with Gasteiger partial charge in [-0.2, -0.15) is 0 Å². The maximum absolute atomic E-state index is 6.44. The van der Waals surface area contributed by atoms with Gasteiger partial charge in [-0.25, -0.2) is 0 Å². The van der Waals surface area contributed by atoms with Crippen LogP contribution in [0.1, 0.15) is 136 Å². The molecule has 0 aromatic carbocycles. The van der Waals surface area contributed by atoms with Crippen LogP contribution in [0, 0.1) is 0 Å². The van der Waals surface area contributed by atoms with Crippen molar-refractivity contribution in [3.63, 3.8) is 0 Å². The summed E-state index contributed by atoms with van der Waals surface area (Å²) in [5.41, 5.74) is 1.98. The van der Waals surface area contributed by atoms with E-state index in [-0.39, 0.29) is 0 Å². The van der Waals surface area contributed by atoms with Crippen LogP contribution in [0.5, 0.6) is 0 Å². The number of hydrogen-bond acceptors (Lipinski definition) is 2. The molecule has 3 heteroatoms. The van der Waals surface area contributed by atoms with Gasteiger partial charge in [0.05, 0.1) is 0 Å². The highest BCUT2D eigenvalue weighted by Gasteiger charge is 2.30. The molecule has 0 saturated carbocycles. The van der Waals surface area contributed by atoms with Crippen molar-refractivity contribution in [1.82, 2.24) is 0 Å². The van der Waals surface area contributed by atoms with E-state index in [0.717, 1.165) is 25.9 Å². The van der Waals surface area contributed by atoms with Crippen molar-refractivity contribution < 1.29 is 8.85 Å². The molecular weight excluding hydrogens is 372 g/mol. The van der Waals surface area contributed by atoms with E-state index in [0.29, 0.717) is 6.10 Å². The number of hydrogen-bond donors (Lipinski definition) is 0. The van der Waals surface area contributed by atoms with Gasteiger partial charge in [0.2, 0.25) is 0 Å². The quantitative estimate of drug-likeness (QED) is 0.120. The van der Waals surface area contributed by atoms with Crippen molar-refractivity contribution in [2.24, 2.45) is 0 Å². The third-order valence-corrected chi connectivity index (χ3v) is 8.22. The third kappa shape index (κ3) is 18.4. The fourth-order valence-electron chi connectivity index (χ4n) is 3.88. The van der Waals surface area contributed by atoms with Gasteiger partial charge < -0.3 is 8.85 Å². The zero-order valence-electron chi connectivity index (χ0n) is 20.6. The summed E-state index contributed by atoms with van der Waals surface area (Å²) in [5.74, 6) is 0. The summed E-state index contributed by atoms with van der Waals surface area (Å²) in [6, 6.07) is 0. The van der Waals surface area contributed by atoms with Crippen molar-refractivity contribution in [3.8, 4) is 0 Å². The van der Waals surface area contributed by atoms with E-state index in [1.54, 1.807) is 0 Å². The second-order valence-corrected chi connectivity index (χ2v) is 11.9. The topological polar surface area (TPSA) is 18.5 Å². The van der Waals surface area contributed by atoms with E-state index in [1.165, 1.54) is 96.3 Å². The van der Waals surface area contributed by atoms with E-state index in [1.807, 2.05) is 5.70 Å². The summed E-state index contributed by atoms with van der Waals surface area (Å²) < 4.78 is 12.7. The molecule has 0 N–H and O–H groups in total. The molecule has 0 heterocycles. The van der Waals surface area contributed by atoms with Gasteiger partial charge in [0.15, 0.2) is 0 Å². The highest BCUT2D eigenvalue weighted by Crippen LogP contribution is 2.20. The van der Waals surface area contributed by atoms with Crippen molar-refractivity contribution in [1.29, 1.82) is 0 Å². The molecule has 2 nitrogen and oxygen atoms in total. The van der Waals surface area contributed by atoms with Gasteiger partial charge in [-0.15, -0.1) is 6.58 Å². The van der Waals surface area contributed by atoms with Gasteiger partial charge in [-0.3, -0.25) is 0 Å². The first-order valence-corrected chi connectivity index (χ1v) is 15.5. The molecule has 0 fully saturated rings. The molecule has 0 aromatic heterocycles. The standard InChI is InChI=1S/C26H54O2Si/c1-6-10-12-13-14-15-16-17-18-19-20-21-22-25-27-29(5,9-4)28-26(23-8-3)24-11-7-2/h9,26H,4,6-8,10-25H2,1-3,5H3. The molecule has 0 bridgehead atoms. The molecule has 0 aliphatic heterocycles. The predicted octanol–water partition coefficient (Wildman–Crippen LogP) is 9.27. The van der Waals surface area contributed by atoms with Gasteiger partial charge in [-0.1, -0.05) is 117 Å². The Hall–Kier alpha value is -0.123. The van der Waals surface area contributed by atoms with Crippen LogP contribution in [0.4, 0.5) is 0 Å². The van der Waals surface area contributed by atoms with Gasteiger partial charge in [-0.05, 0) is 31.5 Å². The molecule has 2 unspecified atom stereocenters. The summed E-state index contributed by atoms with van der Waals surface area (Å²) >= 11 is 0. The van der Waals surface area contributed by atoms with Crippen molar-refractivity contribution in [2.75, 3.05) is 6.61 Å². The van der Waals surface area contributed by atoms with Crippen LogP contribution in [0.3, 0.4) is 0 Å². The van der Waals surface area contributed by atoms with Crippen LogP contribution in [0.2, 0.25) is 6.55 Å². The molecule has 0 saturated heterocycles. The van der Waals surface area contributed by atoms with Crippen LogP contribution >= 0.6 is 0 Å². The van der Waals surface area contributed by atoms with E-state index >= 15 is 0 Å². The zero-order chi connectivity index (χ0) is 21.6. The lowest BCUT2D eigenvalue weighted by atomic mass is 10.0. The van der Waals surface area contributed by atoms with Gasteiger partial charge in [0, 0.05) is 12.7 Å². The van der Waals surface area contributed by atoms with E-state index in [9.17, 15) is 0 Å². The second kappa shape index (κ2) is 21.1. The molecule has 0 aliphatic rings. The highest BCUT2D eigenvalue weighted by molar-refractivity contribution is 6.71. The van der Waals surface area contributed by atoms with Crippen LogP contribution in [0.25, 0.3) is 0 Å². The maximum atomic E-state index is 6.44. The SMILES string of the molecule is C=C[Si](C)(OCCCCCCCCCCCCCCC)OC(CCC)CCCC. The largest absolute Gasteiger partial charge is 0.391 e. The average molecular weight is 427 g/mol. The Bertz CT molecular complexity index is 348. The second-order valence-electron chi connectivity index (χ2n) is 8.98. The molecule has 174 valence electrons. The molecular formula is C26H54O2Si. The lowest BCUT2D eigenvalue weighted by molar-refractivity contribution is 0.108. The Morgan fingerprint density at radius 1 is 0.655 bits per heavy atom. The highest BCUT2D eigenvalue weighted by atomic mass is 28.4. The predicted molar refractivity (Wildman–Crippen MR) is 133 cm³/mol. The molecule has 2 atom stereocenters. The Labute approximate surface area is 185 Å². The lowest BCUT2D eigenvalue weighted by Gasteiger charge is -2.29. The summed E-state index contributed by atoms with van der Waals surface area (Å²) in [6.07, 6.45) is 24.3. The Balaban J connectivity index is 3.68. The number of unbranched alkanes of at least 4 members (excludes halogenated alkanes) is 13. The summed E-state index contributed by atoms with van der Waals surface area (Å²) in [7, 11) is -2.21. The fraction of sp³-hybridized carbons (Fsp3) is 0.923. The average Bonchev–Trinajstić information content (AvgIpc) is 2.72. The Morgan fingerprint density at radius 2 is 1.14 bits per heavy atom. The van der Waals surface area contributed by atoms with Gasteiger partial charge in [0.25, 0.3) is 0 Å². The summed E-state index contributed by atoms with van der Waals surface area (Å²) in [4.78, 5) is 0. The Morgan fingerprint density at radius 3 is 1.59 bits per heavy atom. The van der Waals surface area contributed by atoms with Crippen LogP contribution < -0.4 is 0 Å².